The van der Waals surface area contributed by atoms with Crippen molar-refractivity contribution in [2.24, 2.45) is 5.92 Å². The second-order valence-corrected chi connectivity index (χ2v) is 3.53. The Labute approximate surface area is 78.9 Å². The van der Waals surface area contributed by atoms with Crippen LogP contribution in [0.25, 0.3) is 0 Å². The number of hydrogen-bond acceptors (Lipinski definition) is 2. The number of carbonyl (C=O) groups excluding carboxylic acids is 1. The molecular weight excluding hydrogens is 176 g/mol. The number of hydrogen-bond donors (Lipinski definition) is 1. The third-order valence-electron chi connectivity index (χ3n) is 2.90. The second kappa shape index (κ2) is 3.62. The maximum atomic E-state index is 11.2. The van der Waals surface area contributed by atoms with Crippen LogP contribution in [-0.4, -0.2) is 37.0 Å². The Morgan fingerprint density at radius 1 is 1.58 bits per heavy atom. The molecule has 4 heteroatoms. The summed E-state index contributed by atoms with van der Waals surface area (Å²) in [6, 6.07) is 0.531. The standard InChI is InChI=1S/C8H14N2O.ClH/c1-10-7-2-3-9-5-6(7)4-8(10)11;/h6-7,9H,2-5H2,1H3;1H. The van der Waals surface area contributed by atoms with Crippen molar-refractivity contribution in [1.82, 2.24) is 10.2 Å². The number of nitrogens with one attached hydrogen (secondary N) is 1. The minimum atomic E-state index is 0. The van der Waals surface area contributed by atoms with E-state index >= 15 is 0 Å². The largest absolute Gasteiger partial charge is 0.342 e. The SMILES string of the molecule is CN1C(=O)CC2CNCCC21.Cl. The summed E-state index contributed by atoms with van der Waals surface area (Å²) in [6.45, 7) is 2.10. The van der Waals surface area contributed by atoms with Gasteiger partial charge in [-0.05, 0) is 13.0 Å². The Bertz CT molecular complexity index is 186. The van der Waals surface area contributed by atoms with Gasteiger partial charge >= 0.3 is 0 Å². The van der Waals surface area contributed by atoms with E-state index in [-0.39, 0.29) is 12.4 Å². The number of amides is 1. The van der Waals surface area contributed by atoms with Gasteiger partial charge in [0, 0.05) is 32.0 Å². The van der Waals surface area contributed by atoms with Crippen LogP contribution < -0.4 is 5.32 Å². The molecule has 0 saturated carbocycles. The fraction of sp³-hybridized carbons (Fsp3) is 0.875. The van der Waals surface area contributed by atoms with E-state index in [4.69, 9.17) is 0 Å². The van der Waals surface area contributed by atoms with Gasteiger partial charge in [0.2, 0.25) is 5.91 Å². The Morgan fingerprint density at radius 3 is 3.00 bits per heavy atom. The van der Waals surface area contributed by atoms with Gasteiger partial charge in [-0.1, -0.05) is 0 Å². The van der Waals surface area contributed by atoms with Crippen molar-refractivity contribution in [1.29, 1.82) is 0 Å². The third-order valence-corrected chi connectivity index (χ3v) is 2.90. The minimum absolute atomic E-state index is 0. The molecule has 2 aliphatic rings. The maximum Gasteiger partial charge on any atom is 0.222 e. The number of likely N-dealkylation sites (tertiary alicyclic amines) is 1. The van der Waals surface area contributed by atoms with Crippen molar-refractivity contribution >= 4 is 18.3 Å². The van der Waals surface area contributed by atoms with Crippen LogP contribution in [0.2, 0.25) is 0 Å². The Kier molecular flexibility index (Phi) is 2.96. The molecule has 1 N–H and O–H groups in total. The summed E-state index contributed by atoms with van der Waals surface area (Å²) in [5, 5.41) is 3.32. The smallest absolute Gasteiger partial charge is 0.222 e. The molecule has 70 valence electrons. The van der Waals surface area contributed by atoms with Gasteiger partial charge in [0.05, 0.1) is 0 Å². The van der Waals surface area contributed by atoms with E-state index in [2.05, 4.69) is 5.32 Å². The van der Waals surface area contributed by atoms with E-state index in [1.165, 1.54) is 0 Å². The second-order valence-electron chi connectivity index (χ2n) is 3.53. The van der Waals surface area contributed by atoms with E-state index < -0.39 is 0 Å². The van der Waals surface area contributed by atoms with E-state index in [0.29, 0.717) is 17.9 Å². The van der Waals surface area contributed by atoms with E-state index in [1.807, 2.05) is 11.9 Å². The summed E-state index contributed by atoms with van der Waals surface area (Å²) in [4.78, 5) is 13.2. The molecule has 2 rings (SSSR count). The maximum absolute atomic E-state index is 11.2. The van der Waals surface area contributed by atoms with Crippen LogP contribution in [-0.2, 0) is 4.79 Å². The van der Waals surface area contributed by atoms with Gasteiger partial charge in [-0.25, -0.2) is 0 Å². The molecular formula is C8H15ClN2O. The first-order valence-electron chi connectivity index (χ1n) is 4.25. The highest BCUT2D eigenvalue weighted by atomic mass is 35.5. The van der Waals surface area contributed by atoms with Gasteiger partial charge in [0.25, 0.3) is 0 Å². The fourth-order valence-corrected chi connectivity index (χ4v) is 2.18. The molecule has 2 unspecified atom stereocenters. The Morgan fingerprint density at radius 2 is 2.33 bits per heavy atom. The molecule has 0 bridgehead atoms. The third kappa shape index (κ3) is 1.43. The van der Waals surface area contributed by atoms with E-state index in [1.54, 1.807) is 0 Å². The fourth-order valence-electron chi connectivity index (χ4n) is 2.18. The summed E-state index contributed by atoms with van der Waals surface area (Å²) in [7, 11) is 1.93. The van der Waals surface area contributed by atoms with Crippen LogP contribution in [0, 0.1) is 5.92 Å². The van der Waals surface area contributed by atoms with Gasteiger partial charge in [-0.3, -0.25) is 4.79 Å². The molecule has 0 aromatic heterocycles. The van der Waals surface area contributed by atoms with E-state index in [0.717, 1.165) is 25.9 Å². The number of carbonyl (C=O) groups is 1. The Hall–Kier alpha value is -0.280. The molecule has 0 radical (unpaired) electrons. The first kappa shape index (κ1) is 9.81. The predicted octanol–water partition coefficient (Wildman–Crippen LogP) is 0.248. The van der Waals surface area contributed by atoms with E-state index in [9.17, 15) is 4.79 Å². The van der Waals surface area contributed by atoms with Crippen molar-refractivity contribution in [3.05, 3.63) is 0 Å². The van der Waals surface area contributed by atoms with Gasteiger partial charge in [0.1, 0.15) is 0 Å². The topological polar surface area (TPSA) is 32.3 Å². The minimum Gasteiger partial charge on any atom is -0.342 e. The van der Waals surface area contributed by atoms with Crippen molar-refractivity contribution in [2.75, 3.05) is 20.1 Å². The zero-order chi connectivity index (χ0) is 7.84. The number of piperidine rings is 1. The van der Waals surface area contributed by atoms with Crippen LogP contribution in [0.15, 0.2) is 0 Å². The average molecular weight is 191 g/mol. The number of nitrogens with zero attached hydrogens (tertiary/aromatic N) is 1. The first-order valence-corrected chi connectivity index (χ1v) is 4.25. The summed E-state index contributed by atoms with van der Waals surface area (Å²) in [5.74, 6) is 0.907. The van der Waals surface area contributed by atoms with Crippen LogP contribution in [0.1, 0.15) is 12.8 Å². The van der Waals surface area contributed by atoms with Gasteiger partial charge in [-0.2, -0.15) is 0 Å². The molecule has 2 fully saturated rings. The van der Waals surface area contributed by atoms with Crippen LogP contribution in [0.5, 0.6) is 0 Å². The number of rotatable bonds is 0. The highest BCUT2D eigenvalue weighted by molar-refractivity contribution is 5.85. The Balaban J connectivity index is 0.000000720. The predicted molar refractivity (Wildman–Crippen MR) is 49.4 cm³/mol. The van der Waals surface area contributed by atoms with Gasteiger partial charge in [0.15, 0.2) is 0 Å². The quantitative estimate of drug-likeness (QED) is 0.594. The van der Waals surface area contributed by atoms with Gasteiger partial charge < -0.3 is 10.2 Å². The lowest BCUT2D eigenvalue weighted by atomic mass is 9.94. The zero-order valence-corrected chi connectivity index (χ0v) is 8.06. The molecule has 1 amide bonds. The van der Waals surface area contributed by atoms with Crippen LogP contribution in [0.3, 0.4) is 0 Å². The van der Waals surface area contributed by atoms with Gasteiger partial charge in [-0.15, -0.1) is 12.4 Å². The molecule has 0 spiro atoms. The summed E-state index contributed by atoms with van der Waals surface area (Å²) in [6.07, 6.45) is 1.89. The highest BCUT2D eigenvalue weighted by Gasteiger charge is 2.38. The lowest BCUT2D eigenvalue weighted by Crippen LogP contribution is -2.42. The summed E-state index contributed by atoms with van der Waals surface area (Å²) >= 11 is 0. The molecule has 2 aliphatic heterocycles. The zero-order valence-electron chi connectivity index (χ0n) is 7.25. The number of fused-ring (bicyclic) bond motifs is 1. The molecule has 0 aromatic carbocycles. The monoisotopic (exact) mass is 190 g/mol. The van der Waals surface area contributed by atoms with Crippen molar-refractivity contribution in [3.8, 4) is 0 Å². The summed E-state index contributed by atoms with van der Waals surface area (Å²) < 4.78 is 0. The van der Waals surface area contributed by atoms with Crippen LogP contribution >= 0.6 is 12.4 Å². The lowest BCUT2D eigenvalue weighted by molar-refractivity contribution is -0.127. The molecule has 0 aliphatic carbocycles. The normalized spacial score (nSPS) is 34.4. The van der Waals surface area contributed by atoms with Crippen molar-refractivity contribution in [3.63, 3.8) is 0 Å². The van der Waals surface area contributed by atoms with Crippen molar-refractivity contribution in [2.45, 2.75) is 18.9 Å². The van der Waals surface area contributed by atoms with Crippen LogP contribution in [0.4, 0.5) is 0 Å². The molecule has 0 aromatic rings. The summed E-state index contributed by atoms with van der Waals surface area (Å²) in [5.41, 5.74) is 0. The lowest BCUT2D eigenvalue weighted by Gasteiger charge is -2.29. The molecule has 12 heavy (non-hydrogen) atoms. The number of halogens is 1. The van der Waals surface area contributed by atoms with Crippen molar-refractivity contribution < 1.29 is 4.79 Å². The molecule has 2 saturated heterocycles. The first-order chi connectivity index (χ1) is 5.29. The molecule has 2 atom stereocenters. The molecule has 3 nitrogen and oxygen atoms in total. The highest BCUT2D eigenvalue weighted by Crippen LogP contribution is 2.27. The molecule has 2 heterocycles. The average Bonchev–Trinajstić information content (AvgIpc) is 2.30.